The number of benzene rings is 1. The van der Waals surface area contributed by atoms with Crippen LogP contribution in [0.4, 0.5) is 4.79 Å². The zero-order valence-electron chi connectivity index (χ0n) is 14.3. The van der Waals surface area contributed by atoms with E-state index in [2.05, 4.69) is 46.7 Å². The molecule has 1 aliphatic rings. The van der Waals surface area contributed by atoms with Crippen LogP contribution >= 0.6 is 0 Å². The Bertz CT molecular complexity index is 467. The predicted molar refractivity (Wildman–Crippen MR) is 92.6 cm³/mol. The average Bonchev–Trinajstić information content (AvgIpc) is 2.99. The molecule has 0 saturated carbocycles. The molecule has 1 heterocycles. The Morgan fingerprint density at radius 3 is 2.91 bits per heavy atom. The number of urea groups is 1. The molecule has 5 nitrogen and oxygen atoms in total. The van der Waals surface area contributed by atoms with Crippen LogP contribution in [0.3, 0.4) is 0 Å². The molecule has 23 heavy (non-hydrogen) atoms. The first-order valence-corrected chi connectivity index (χ1v) is 8.49. The molecule has 2 rings (SSSR count). The monoisotopic (exact) mass is 319 g/mol. The van der Waals surface area contributed by atoms with Crippen LogP contribution in [0.1, 0.15) is 25.3 Å². The van der Waals surface area contributed by atoms with Crippen LogP contribution < -0.4 is 10.6 Å². The molecule has 1 aliphatic heterocycles. The molecule has 128 valence electrons. The summed E-state index contributed by atoms with van der Waals surface area (Å²) in [6.45, 7) is 5.67. The van der Waals surface area contributed by atoms with E-state index in [1.807, 2.05) is 6.07 Å². The van der Waals surface area contributed by atoms with Crippen LogP contribution in [0, 0.1) is 0 Å². The number of rotatable bonds is 8. The van der Waals surface area contributed by atoms with Gasteiger partial charge in [-0.05, 0) is 31.7 Å². The van der Waals surface area contributed by atoms with Gasteiger partial charge in [-0.3, -0.25) is 4.90 Å². The van der Waals surface area contributed by atoms with Crippen molar-refractivity contribution in [2.75, 3.05) is 33.4 Å². The van der Waals surface area contributed by atoms with Crippen molar-refractivity contribution in [2.24, 2.45) is 0 Å². The largest absolute Gasteiger partial charge is 0.383 e. The number of aryl methyl sites for hydroxylation is 1. The number of nitrogens with zero attached hydrogens (tertiary/aromatic N) is 1. The summed E-state index contributed by atoms with van der Waals surface area (Å²) in [6, 6.07) is 10.7. The fourth-order valence-electron chi connectivity index (χ4n) is 2.92. The van der Waals surface area contributed by atoms with Crippen molar-refractivity contribution in [3.63, 3.8) is 0 Å². The van der Waals surface area contributed by atoms with Gasteiger partial charge in [0, 0.05) is 38.8 Å². The van der Waals surface area contributed by atoms with E-state index in [-0.39, 0.29) is 18.1 Å². The van der Waals surface area contributed by atoms with Crippen LogP contribution in [-0.2, 0) is 11.2 Å². The molecule has 1 saturated heterocycles. The summed E-state index contributed by atoms with van der Waals surface area (Å²) < 4.78 is 5.09. The Labute approximate surface area is 139 Å². The first-order valence-electron chi connectivity index (χ1n) is 8.49. The second-order valence-corrected chi connectivity index (χ2v) is 6.32. The number of carbonyl (C=O) groups is 1. The Kier molecular flexibility index (Phi) is 7.36. The highest BCUT2D eigenvalue weighted by atomic mass is 16.5. The maximum atomic E-state index is 12.1. The molecule has 0 spiro atoms. The van der Waals surface area contributed by atoms with Crippen LogP contribution in [0.2, 0.25) is 0 Å². The minimum Gasteiger partial charge on any atom is -0.383 e. The SMILES string of the molecule is COCCN1CC[C@@H](NC(=O)N[C@H](C)CCc2ccccc2)C1. The number of hydrogen-bond donors (Lipinski definition) is 2. The molecule has 1 aromatic rings. The van der Waals surface area contributed by atoms with E-state index >= 15 is 0 Å². The molecule has 5 heteroatoms. The van der Waals surface area contributed by atoms with E-state index in [4.69, 9.17) is 4.74 Å². The Balaban J connectivity index is 1.62. The highest BCUT2D eigenvalue weighted by molar-refractivity contribution is 5.74. The molecule has 2 atom stereocenters. The van der Waals surface area contributed by atoms with E-state index in [0.29, 0.717) is 0 Å². The van der Waals surface area contributed by atoms with E-state index in [9.17, 15) is 4.79 Å². The molecule has 0 aromatic heterocycles. The number of nitrogens with one attached hydrogen (secondary N) is 2. The smallest absolute Gasteiger partial charge is 0.315 e. The van der Waals surface area contributed by atoms with Gasteiger partial charge in [0.25, 0.3) is 0 Å². The van der Waals surface area contributed by atoms with E-state index in [0.717, 1.165) is 45.5 Å². The van der Waals surface area contributed by atoms with Crippen LogP contribution in [0.15, 0.2) is 30.3 Å². The van der Waals surface area contributed by atoms with Gasteiger partial charge in [-0.2, -0.15) is 0 Å². The molecule has 0 radical (unpaired) electrons. The Morgan fingerprint density at radius 1 is 1.39 bits per heavy atom. The number of ether oxygens (including phenoxy) is 1. The van der Waals surface area contributed by atoms with Gasteiger partial charge in [-0.1, -0.05) is 30.3 Å². The zero-order valence-corrected chi connectivity index (χ0v) is 14.3. The molecular formula is C18H29N3O2. The van der Waals surface area contributed by atoms with Crippen LogP contribution in [0.5, 0.6) is 0 Å². The van der Waals surface area contributed by atoms with Gasteiger partial charge >= 0.3 is 6.03 Å². The third kappa shape index (κ3) is 6.59. The maximum absolute atomic E-state index is 12.1. The van der Waals surface area contributed by atoms with Gasteiger partial charge in [0.05, 0.1) is 6.61 Å². The normalized spacial score (nSPS) is 19.5. The van der Waals surface area contributed by atoms with Crippen molar-refractivity contribution in [1.29, 1.82) is 0 Å². The minimum atomic E-state index is -0.0517. The van der Waals surface area contributed by atoms with Gasteiger partial charge in [-0.15, -0.1) is 0 Å². The topological polar surface area (TPSA) is 53.6 Å². The summed E-state index contributed by atoms with van der Waals surface area (Å²) in [5, 5.41) is 6.12. The van der Waals surface area contributed by atoms with Gasteiger partial charge < -0.3 is 15.4 Å². The first-order chi connectivity index (χ1) is 11.2. The van der Waals surface area contributed by atoms with E-state index < -0.39 is 0 Å². The molecule has 0 unspecified atom stereocenters. The number of hydrogen-bond acceptors (Lipinski definition) is 3. The third-order valence-corrected chi connectivity index (χ3v) is 4.31. The zero-order chi connectivity index (χ0) is 16.5. The maximum Gasteiger partial charge on any atom is 0.315 e. The number of carbonyl (C=O) groups excluding carboxylic acids is 1. The summed E-state index contributed by atoms with van der Waals surface area (Å²) >= 11 is 0. The predicted octanol–water partition coefficient (Wildman–Crippen LogP) is 2.03. The van der Waals surface area contributed by atoms with Gasteiger partial charge in [0.2, 0.25) is 0 Å². The van der Waals surface area contributed by atoms with Gasteiger partial charge in [0.1, 0.15) is 0 Å². The summed E-state index contributed by atoms with van der Waals surface area (Å²) in [5.74, 6) is 0. The van der Waals surface area contributed by atoms with Crippen molar-refractivity contribution in [3.8, 4) is 0 Å². The van der Waals surface area contributed by atoms with Gasteiger partial charge in [0.15, 0.2) is 0 Å². The lowest BCUT2D eigenvalue weighted by atomic mass is 10.1. The number of amides is 2. The number of likely N-dealkylation sites (tertiary alicyclic amines) is 1. The van der Waals surface area contributed by atoms with Crippen LogP contribution in [0.25, 0.3) is 0 Å². The van der Waals surface area contributed by atoms with Crippen LogP contribution in [-0.4, -0.2) is 56.4 Å². The quantitative estimate of drug-likeness (QED) is 0.771. The lowest BCUT2D eigenvalue weighted by molar-refractivity contribution is 0.159. The highest BCUT2D eigenvalue weighted by Gasteiger charge is 2.23. The number of methoxy groups -OCH3 is 1. The minimum absolute atomic E-state index is 0.0517. The molecule has 0 aliphatic carbocycles. The highest BCUT2D eigenvalue weighted by Crippen LogP contribution is 2.09. The summed E-state index contributed by atoms with van der Waals surface area (Å²) in [6.07, 6.45) is 2.94. The van der Waals surface area contributed by atoms with Gasteiger partial charge in [-0.25, -0.2) is 4.79 Å². The summed E-state index contributed by atoms with van der Waals surface area (Å²) in [5.41, 5.74) is 1.31. The second-order valence-electron chi connectivity index (χ2n) is 6.32. The van der Waals surface area contributed by atoms with Crippen molar-refractivity contribution < 1.29 is 9.53 Å². The standard InChI is InChI=1S/C18H29N3O2/c1-15(8-9-16-6-4-3-5-7-16)19-18(22)20-17-10-11-21(14-17)12-13-23-2/h3-7,15,17H,8-14H2,1-2H3,(H2,19,20,22)/t15-,17-/m1/s1. The molecule has 1 fully saturated rings. The summed E-state index contributed by atoms with van der Waals surface area (Å²) in [4.78, 5) is 14.4. The summed E-state index contributed by atoms with van der Waals surface area (Å²) in [7, 11) is 1.72. The molecule has 0 bridgehead atoms. The second kappa shape index (κ2) is 9.53. The third-order valence-electron chi connectivity index (χ3n) is 4.31. The van der Waals surface area contributed by atoms with Crippen molar-refractivity contribution in [2.45, 2.75) is 38.3 Å². The molecule has 1 aromatic carbocycles. The van der Waals surface area contributed by atoms with Crippen molar-refractivity contribution in [3.05, 3.63) is 35.9 Å². The van der Waals surface area contributed by atoms with Crippen molar-refractivity contribution >= 4 is 6.03 Å². The van der Waals surface area contributed by atoms with E-state index in [1.54, 1.807) is 7.11 Å². The Hall–Kier alpha value is -1.59. The molecule has 2 amide bonds. The first kappa shape index (κ1) is 17.8. The molecule has 2 N–H and O–H groups in total. The molecular weight excluding hydrogens is 290 g/mol. The fourth-order valence-corrected chi connectivity index (χ4v) is 2.92. The van der Waals surface area contributed by atoms with E-state index in [1.165, 1.54) is 5.56 Å². The average molecular weight is 319 g/mol. The lowest BCUT2D eigenvalue weighted by Crippen LogP contribution is -2.46. The fraction of sp³-hybridized carbons (Fsp3) is 0.611. The van der Waals surface area contributed by atoms with Crippen molar-refractivity contribution in [1.82, 2.24) is 15.5 Å². The Morgan fingerprint density at radius 2 is 2.17 bits per heavy atom. The lowest BCUT2D eigenvalue weighted by Gasteiger charge is -2.19.